The minimum atomic E-state index is -0.446. The zero-order chi connectivity index (χ0) is 14.8. The molecule has 0 radical (unpaired) electrons. The average molecular weight is 277 g/mol. The number of rotatable bonds is 6. The van der Waals surface area contributed by atoms with E-state index in [-0.39, 0.29) is 17.9 Å². The molecule has 110 valence electrons. The number of para-hydroxylation sites is 1. The summed E-state index contributed by atoms with van der Waals surface area (Å²) < 4.78 is 5.37. The fourth-order valence-electron chi connectivity index (χ4n) is 2.33. The van der Waals surface area contributed by atoms with Crippen molar-refractivity contribution in [3.8, 4) is 5.75 Å². The predicted octanol–water partition coefficient (Wildman–Crippen LogP) is 1.86. The van der Waals surface area contributed by atoms with Crippen LogP contribution in [0.3, 0.4) is 0 Å². The van der Waals surface area contributed by atoms with Crippen molar-refractivity contribution in [2.45, 2.75) is 32.1 Å². The summed E-state index contributed by atoms with van der Waals surface area (Å²) in [4.78, 5) is 12.5. The van der Waals surface area contributed by atoms with Crippen molar-refractivity contribution in [1.82, 2.24) is 5.32 Å². The van der Waals surface area contributed by atoms with Gasteiger partial charge in [-0.15, -0.1) is 0 Å². The van der Waals surface area contributed by atoms with Crippen molar-refractivity contribution < 1.29 is 14.6 Å². The van der Waals surface area contributed by atoms with E-state index >= 15 is 0 Å². The lowest BCUT2D eigenvalue weighted by molar-refractivity contribution is -0.124. The summed E-state index contributed by atoms with van der Waals surface area (Å²) >= 11 is 0. The van der Waals surface area contributed by atoms with Gasteiger partial charge in [0.1, 0.15) is 5.75 Å². The predicted molar refractivity (Wildman–Crippen MR) is 77.8 cm³/mol. The molecule has 0 aliphatic heterocycles. The number of carbonyl (C=O) groups is 1. The molecular formula is C16H23NO3. The van der Waals surface area contributed by atoms with Gasteiger partial charge in [0.2, 0.25) is 5.91 Å². The lowest BCUT2D eigenvalue weighted by Crippen LogP contribution is -2.41. The van der Waals surface area contributed by atoms with Gasteiger partial charge < -0.3 is 15.2 Å². The van der Waals surface area contributed by atoms with Crippen LogP contribution in [0.2, 0.25) is 0 Å². The van der Waals surface area contributed by atoms with Gasteiger partial charge in [0.05, 0.1) is 12.5 Å². The van der Waals surface area contributed by atoms with Gasteiger partial charge in [0, 0.05) is 24.1 Å². The van der Waals surface area contributed by atoms with Crippen molar-refractivity contribution in [2.24, 2.45) is 5.41 Å². The fraction of sp³-hybridized carbons (Fsp3) is 0.562. The molecule has 1 fully saturated rings. The van der Waals surface area contributed by atoms with Crippen molar-refractivity contribution in [3.63, 3.8) is 0 Å². The molecular weight excluding hydrogens is 254 g/mol. The van der Waals surface area contributed by atoms with Gasteiger partial charge in [0.25, 0.3) is 0 Å². The highest BCUT2D eigenvalue weighted by Gasteiger charge is 2.52. The van der Waals surface area contributed by atoms with E-state index in [2.05, 4.69) is 5.32 Å². The van der Waals surface area contributed by atoms with Crippen molar-refractivity contribution >= 4 is 5.91 Å². The zero-order valence-corrected chi connectivity index (χ0v) is 12.4. The second kappa shape index (κ2) is 5.44. The van der Waals surface area contributed by atoms with E-state index in [4.69, 9.17) is 4.74 Å². The molecule has 1 aliphatic rings. The van der Waals surface area contributed by atoms with Crippen LogP contribution in [0.25, 0.3) is 0 Å². The van der Waals surface area contributed by atoms with Crippen LogP contribution in [0, 0.1) is 5.41 Å². The first-order valence-electron chi connectivity index (χ1n) is 6.98. The Kier molecular flexibility index (Phi) is 4.04. The highest BCUT2D eigenvalue weighted by molar-refractivity contribution is 5.92. The first-order chi connectivity index (χ1) is 9.45. The van der Waals surface area contributed by atoms with Crippen LogP contribution in [0.1, 0.15) is 32.3 Å². The first-order valence-corrected chi connectivity index (χ1v) is 6.98. The quantitative estimate of drug-likeness (QED) is 0.834. The Morgan fingerprint density at radius 3 is 2.60 bits per heavy atom. The van der Waals surface area contributed by atoms with Gasteiger partial charge in [-0.25, -0.2) is 0 Å². The molecule has 1 aromatic carbocycles. The number of nitrogens with one attached hydrogen (secondary N) is 1. The summed E-state index contributed by atoms with van der Waals surface area (Å²) in [5.41, 5.74) is 0.215. The molecule has 20 heavy (non-hydrogen) atoms. The van der Waals surface area contributed by atoms with Crippen LogP contribution in [0.5, 0.6) is 5.75 Å². The molecule has 4 heteroatoms. The van der Waals surface area contributed by atoms with E-state index < -0.39 is 5.41 Å². The third-order valence-electron chi connectivity index (χ3n) is 3.96. The second-order valence-electron chi connectivity index (χ2n) is 6.29. The van der Waals surface area contributed by atoms with E-state index in [0.29, 0.717) is 6.54 Å². The number of ether oxygens (including phenoxy) is 1. The normalized spacial score (nSPS) is 16.6. The number of amides is 1. The largest absolute Gasteiger partial charge is 0.496 e. The summed E-state index contributed by atoms with van der Waals surface area (Å²) in [6.45, 7) is 4.38. The topological polar surface area (TPSA) is 58.6 Å². The van der Waals surface area contributed by atoms with Crippen LogP contribution < -0.4 is 10.1 Å². The second-order valence-corrected chi connectivity index (χ2v) is 6.29. The van der Waals surface area contributed by atoms with Crippen LogP contribution >= 0.6 is 0 Å². The molecule has 2 N–H and O–H groups in total. The lowest BCUT2D eigenvalue weighted by atomic mass is 9.91. The number of hydrogen-bond acceptors (Lipinski definition) is 3. The van der Waals surface area contributed by atoms with Crippen molar-refractivity contribution in [3.05, 3.63) is 29.8 Å². The number of aliphatic hydroxyl groups excluding tert-OH is 1. The molecule has 0 saturated heterocycles. The summed E-state index contributed by atoms with van der Waals surface area (Å²) in [7, 11) is 1.63. The molecule has 2 rings (SSSR count). The monoisotopic (exact) mass is 277 g/mol. The number of aliphatic hydroxyl groups is 1. The van der Waals surface area contributed by atoms with Gasteiger partial charge in [-0.3, -0.25) is 4.79 Å². The van der Waals surface area contributed by atoms with E-state index in [1.165, 1.54) is 0 Å². The Bertz CT molecular complexity index is 492. The van der Waals surface area contributed by atoms with Gasteiger partial charge in [0.15, 0.2) is 0 Å². The molecule has 1 aromatic rings. The summed E-state index contributed by atoms with van der Waals surface area (Å²) in [6, 6.07) is 7.69. The highest BCUT2D eigenvalue weighted by atomic mass is 16.5. The van der Waals surface area contributed by atoms with Crippen LogP contribution in [0.4, 0.5) is 0 Å². The number of methoxy groups -OCH3 is 1. The fourth-order valence-corrected chi connectivity index (χ4v) is 2.33. The summed E-state index contributed by atoms with van der Waals surface area (Å²) in [5, 5.41) is 12.2. The minimum Gasteiger partial charge on any atom is -0.496 e. The molecule has 1 saturated carbocycles. The van der Waals surface area contributed by atoms with Gasteiger partial charge in [-0.1, -0.05) is 32.0 Å². The Labute approximate surface area is 120 Å². The van der Waals surface area contributed by atoms with Crippen molar-refractivity contribution in [2.75, 3.05) is 20.3 Å². The summed E-state index contributed by atoms with van der Waals surface area (Å²) in [5.74, 6) is 0.796. The molecule has 0 atom stereocenters. The Hall–Kier alpha value is -1.55. The third-order valence-corrected chi connectivity index (χ3v) is 3.96. The minimum absolute atomic E-state index is 0.0310. The van der Waals surface area contributed by atoms with E-state index in [1.54, 1.807) is 7.11 Å². The van der Waals surface area contributed by atoms with Crippen LogP contribution in [0.15, 0.2) is 24.3 Å². The zero-order valence-electron chi connectivity index (χ0n) is 12.4. The Morgan fingerprint density at radius 1 is 1.40 bits per heavy atom. The average Bonchev–Trinajstić information content (AvgIpc) is 3.26. The lowest BCUT2D eigenvalue weighted by Gasteiger charge is -2.24. The van der Waals surface area contributed by atoms with Crippen LogP contribution in [-0.4, -0.2) is 31.3 Å². The Morgan fingerprint density at radius 2 is 2.05 bits per heavy atom. The molecule has 0 bridgehead atoms. The van der Waals surface area contributed by atoms with Crippen LogP contribution in [-0.2, 0) is 10.2 Å². The number of carbonyl (C=O) groups excluding carboxylic acids is 1. The van der Waals surface area contributed by atoms with Gasteiger partial charge >= 0.3 is 0 Å². The number of benzene rings is 1. The maximum absolute atomic E-state index is 12.5. The summed E-state index contributed by atoms with van der Waals surface area (Å²) in [6.07, 6.45) is 1.69. The van der Waals surface area contributed by atoms with E-state index in [9.17, 15) is 9.90 Å². The van der Waals surface area contributed by atoms with Crippen molar-refractivity contribution in [1.29, 1.82) is 0 Å². The van der Waals surface area contributed by atoms with Gasteiger partial charge in [-0.2, -0.15) is 0 Å². The Balaban J connectivity index is 2.13. The molecule has 4 nitrogen and oxygen atoms in total. The van der Waals surface area contributed by atoms with Gasteiger partial charge in [-0.05, 0) is 18.9 Å². The maximum atomic E-state index is 12.5. The molecule has 1 amide bonds. The maximum Gasteiger partial charge on any atom is 0.230 e. The first kappa shape index (κ1) is 14.9. The molecule has 0 unspecified atom stereocenters. The standard InChI is InChI=1S/C16H23NO3/c1-15(2,11-18)10-17-14(19)16(8-9-16)12-6-4-5-7-13(12)20-3/h4-7,18H,8-11H2,1-3H3,(H,17,19). The van der Waals surface area contributed by atoms with E-state index in [1.807, 2.05) is 38.1 Å². The molecule has 0 spiro atoms. The van der Waals surface area contributed by atoms with E-state index in [0.717, 1.165) is 24.2 Å². The molecule has 0 aromatic heterocycles. The smallest absolute Gasteiger partial charge is 0.230 e. The SMILES string of the molecule is COc1ccccc1C1(C(=O)NCC(C)(C)CO)CC1. The third kappa shape index (κ3) is 2.80. The highest BCUT2D eigenvalue weighted by Crippen LogP contribution is 2.51. The molecule has 1 aliphatic carbocycles. The molecule has 0 heterocycles. The number of hydrogen-bond donors (Lipinski definition) is 2.